The van der Waals surface area contributed by atoms with Crippen molar-refractivity contribution >= 4 is 27.4 Å². The Labute approximate surface area is 192 Å². The zero-order valence-electron chi connectivity index (χ0n) is 18.6. The van der Waals surface area contributed by atoms with Crippen LogP contribution in [0.25, 0.3) is 5.57 Å². The molecule has 12 nitrogen and oxygen atoms in total. The number of tetrazole rings is 1. The number of amides is 1. The number of aromatic nitrogens is 4. The summed E-state index contributed by atoms with van der Waals surface area (Å²) in [6.07, 6.45) is 1.84. The smallest absolute Gasteiger partial charge is 0.410 e. The van der Waals surface area contributed by atoms with Gasteiger partial charge in [0.2, 0.25) is 15.8 Å². The lowest BCUT2D eigenvalue weighted by Gasteiger charge is -2.33. The molecule has 0 aliphatic carbocycles. The van der Waals surface area contributed by atoms with Crippen LogP contribution in [0.1, 0.15) is 39.4 Å². The highest BCUT2D eigenvalue weighted by atomic mass is 32.2. The van der Waals surface area contributed by atoms with E-state index < -0.39 is 21.7 Å². The molecule has 0 saturated carbocycles. The van der Waals surface area contributed by atoms with Crippen LogP contribution in [0.4, 0.5) is 10.5 Å². The average molecular weight is 475 g/mol. The fourth-order valence-corrected chi connectivity index (χ4v) is 4.66. The second-order valence-corrected chi connectivity index (χ2v) is 10.1. The molecule has 1 aromatic carbocycles. The molecule has 1 saturated heterocycles. The molecule has 176 valence electrons. The zero-order chi connectivity index (χ0) is 24.1. The van der Waals surface area contributed by atoms with Crippen LogP contribution in [0.15, 0.2) is 35.4 Å². The normalized spacial score (nSPS) is 15.7. The van der Waals surface area contributed by atoms with Gasteiger partial charge < -0.3 is 15.0 Å². The molecular formula is C20H26N8O4S. The Bertz CT molecular complexity index is 1140. The Morgan fingerprint density at radius 2 is 2.00 bits per heavy atom. The van der Waals surface area contributed by atoms with Crippen molar-refractivity contribution in [3.05, 3.63) is 36.3 Å². The molecule has 1 aromatic heterocycles. The number of nitrogens with one attached hydrogen (secondary N) is 3. The van der Waals surface area contributed by atoms with Gasteiger partial charge in [-0.1, -0.05) is 12.1 Å². The van der Waals surface area contributed by atoms with E-state index in [1.54, 1.807) is 43.9 Å². The first-order chi connectivity index (χ1) is 15.6. The summed E-state index contributed by atoms with van der Waals surface area (Å²) in [5.41, 5.74) is -0.221. The second kappa shape index (κ2) is 9.97. The highest BCUT2D eigenvalue weighted by Crippen LogP contribution is 2.23. The van der Waals surface area contributed by atoms with E-state index in [-0.39, 0.29) is 28.0 Å². The van der Waals surface area contributed by atoms with E-state index in [0.717, 1.165) is 0 Å². The molecule has 3 N–H and O–H groups in total. The van der Waals surface area contributed by atoms with Gasteiger partial charge in [0.1, 0.15) is 22.1 Å². The van der Waals surface area contributed by atoms with Gasteiger partial charge in [-0.15, -0.1) is 10.2 Å². The summed E-state index contributed by atoms with van der Waals surface area (Å²) in [7, 11) is -3.87. The van der Waals surface area contributed by atoms with Crippen LogP contribution in [-0.4, -0.2) is 64.8 Å². The van der Waals surface area contributed by atoms with E-state index >= 15 is 0 Å². The number of nitriles is 1. The first-order valence-electron chi connectivity index (χ1n) is 10.3. The number of para-hydroxylation sites is 1. The van der Waals surface area contributed by atoms with Crippen LogP contribution in [0.5, 0.6) is 0 Å². The second-order valence-electron chi connectivity index (χ2n) is 8.41. The van der Waals surface area contributed by atoms with E-state index in [4.69, 9.17) is 4.74 Å². The van der Waals surface area contributed by atoms with Crippen molar-refractivity contribution in [2.24, 2.45) is 0 Å². The highest BCUT2D eigenvalue weighted by Gasteiger charge is 2.30. The Morgan fingerprint density at radius 1 is 1.30 bits per heavy atom. The third-order valence-electron chi connectivity index (χ3n) is 4.72. The maximum absolute atomic E-state index is 13.1. The van der Waals surface area contributed by atoms with Crippen LogP contribution in [-0.2, 0) is 14.8 Å². The number of carbonyl (C=O) groups is 1. The first-order valence-corrected chi connectivity index (χ1v) is 11.8. The summed E-state index contributed by atoms with van der Waals surface area (Å²) in [5, 5.41) is 25.3. The molecule has 0 atom stereocenters. The number of H-pyrrole nitrogens is 1. The van der Waals surface area contributed by atoms with Crippen molar-refractivity contribution in [3.63, 3.8) is 0 Å². The van der Waals surface area contributed by atoms with E-state index in [2.05, 4.69) is 30.7 Å². The van der Waals surface area contributed by atoms with Gasteiger partial charge >= 0.3 is 6.09 Å². The minimum absolute atomic E-state index is 0.0289. The summed E-state index contributed by atoms with van der Waals surface area (Å²) in [6, 6.07) is 7.94. The summed E-state index contributed by atoms with van der Waals surface area (Å²) >= 11 is 0. The molecule has 13 heteroatoms. The van der Waals surface area contributed by atoms with Crippen LogP contribution in [0.2, 0.25) is 0 Å². The third kappa shape index (κ3) is 6.50. The van der Waals surface area contributed by atoms with Crippen molar-refractivity contribution in [3.8, 4) is 6.07 Å². The topological polar surface area (TPSA) is 166 Å². The number of likely N-dealkylation sites (tertiary alicyclic amines) is 1. The minimum Gasteiger partial charge on any atom is -0.444 e. The number of aromatic amines is 1. The lowest BCUT2D eigenvalue weighted by atomic mass is 10.1. The molecule has 1 aliphatic rings. The van der Waals surface area contributed by atoms with Gasteiger partial charge in [-0.2, -0.15) is 10.5 Å². The van der Waals surface area contributed by atoms with E-state index in [0.29, 0.717) is 25.9 Å². The Kier molecular flexibility index (Phi) is 7.29. The number of piperidine rings is 1. The lowest BCUT2D eigenvalue weighted by Crippen LogP contribution is -2.47. The van der Waals surface area contributed by atoms with Gasteiger partial charge in [0.15, 0.2) is 0 Å². The number of hydrogen-bond acceptors (Lipinski definition) is 9. The van der Waals surface area contributed by atoms with E-state index in [9.17, 15) is 18.5 Å². The summed E-state index contributed by atoms with van der Waals surface area (Å²) < 4.78 is 34.3. The number of benzene rings is 1. The predicted octanol–water partition coefficient (Wildman–Crippen LogP) is 1.85. The highest BCUT2D eigenvalue weighted by molar-refractivity contribution is 7.89. The van der Waals surface area contributed by atoms with Crippen molar-refractivity contribution in [1.82, 2.24) is 30.2 Å². The lowest BCUT2D eigenvalue weighted by molar-refractivity contribution is 0.0203. The van der Waals surface area contributed by atoms with E-state index in [1.807, 2.05) is 6.07 Å². The number of allylic oxidation sites excluding steroid dienone is 1. The fraction of sp³-hybridized carbons (Fsp3) is 0.450. The van der Waals surface area contributed by atoms with Gasteiger partial charge in [-0.05, 0) is 51.0 Å². The number of hydrogen-bond donors (Lipinski definition) is 3. The molecule has 1 aliphatic heterocycles. The van der Waals surface area contributed by atoms with Crippen LogP contribution in [0.3, 0.4) is 0 Å². The molecular weight excluding hydrogens is 448 g/mol. The molecule has 2 aromatic rings. The number of sulfonamides is 1. The molecule has 0 bridgehead atoms. The quantitative estimate of drug-likeness (QED) is 0.529. The number of carbonyl (C=O) groups excluding carboxylic acids is 1. The summed E-state index contributed by atoms with van der Waals surface area (Å²) in [5.74, 6) is 0.0835. The van der Waals surface area contributed by atoms with Gasteiger partial charge in [0.05, 0.1) is 5.69 Å². The SMILES string of the molecule is CC(C)(C)OC(=O)N1CCC(NS(=O)(=O)c2ccccc2NC=C(C#N)c2nn[nH]n2)CC1. The summed E-state index contributed by atoms with van der Waals surface area (Å²) in [4.78, 5) is 13.8. The number of ether oxygens (including phenoxy) is 1. The average Bonchev–Trinajstić information content (AvgIpc) is 3.28. The Morgan fingerprint density at radius 3 is 2.61 bits per heavy atom. The standard InChI is InChI=1S/C20H26N8O4S/c1-20(2,3)32-19(29)28-10-8-15(9-11-28)25-33(30,31)17-7-5-4-6-16(17)22-13-14(12-21)18-23-26-27-24-18/h4-7,13,15,22,25H,8-11H2,1-3H3,(H,23,24,26,27). The van der Waals surface area contributed by atoms with Gasteiger partial charge in [0, 0.05) is 25.3 Å². The van der Waals surface area contributed by atoms with Gasteiger partial charge in [0.25, 0.3) is 0 Å². The molecule has 3 rings (SSSR count). The minimum atomic E-state index is -3.87. The maximum atomic E-state index is 13.1. The molecule has 2 heterocycles. The third-order valence-corrected chi connectivity index (χ3v) is 6.30. The fourth-order valence-electron chi connectivity index (χ4n) is 3.18. The number of nitrogens with zero attached hydrogens (tertiary/aromatic N) is 5. The first kappa shape index (κ1) is 24.1. The largest absolute Gasteiger partial charge is 0.444 e. The molecule has 33 heavy (non-hydrogen) atoms. The van der Waals surface area contributed by atoms with Crippen molar-refractivity contribution < 1.29 is 17.9 Å². The monoisotopic (exact) mass is 474 g/mol. The van der Waals surface area contributed by atoms with Gasteiger partial charge in [-0.3, -0.25) is 0 Å². The number of anilines is 1. The molecule has 1 fully saturated rings. The summed E-state index contributed by atoms with van der Waals surface area (Å²) in [6.45, 7) is 6.18. The zero-order valence-corrected chi connectivity index (χ0v) is 19.4. The van der Waals surface area contributed by atoms with Crippen molar-refractivity contribution in [2.45, 2.75) is 50.2 Å². The van der Waals surface area contributed by atoms with E-state index in [1.165, 1.54) is 12.3 Å². The van der Waals surface area contributed by atoms with Gasteiger partial charge in [-0.25, -0.2) is 17.9 Å². The molecule has 0 unspecified atom stereocenters. The van der Waals surface area contributed by atoms with Crippen LogP contribution < -0.4 is 10.0 Å². The van der Waals surface area contributed by atoms with Crippen molar-refractivity contribution in [2.75, 3.05) is 18.4 Å². The molecule has 0 radical (unpaired) electrons. The number of rotatable bonds is 6. The maximum Gasteiger partial charge on any atom is 0.410 e. The Balaban J connectivity index is 1.67. The van der Waals surface area contributed by atoms with Crippen molar-refractivity contribution in [1.29, 1.82) is 5.26 Å². The van der Waals surface area contributed by atoms with Crippen LogP contribution >= 0.6 is 0 Å². The van der Waals surface area contributed by atoms with Crippen LogP contribution in [0, 0.1) is 11.3 Å². The predicted molar refractivity (Wildman–Crippen MR) is 119 cm³/mol. The molecule has 1 amide bonds. The Hall–Kier alpha value is -3.50. The molecule has 0 spiro atoms.